The number of nitrogens with one attached hydrogen (secondary N) is 1. The van der Waals surface area contributed by atoms with E-state index in [-0.39, 0.29) is 0 Å². The Bertz CT molecular complexity index is 319. The van der Waals surface area contributed by atoms with Crippen LogP contribution in [0.1, 0.15) is 46.4 Å². The molecule has 1 heterocycles. The van der Waals surface area contributed by atoms with Crippen LogP contribution in [0.2, 0.25) is 0 Å². The molecule has 1 aromatic rings. The molecule has 0 radical (unpaired) electrons. The SMILES string of the molecule is CCCNCCC(C)Cc1ncnn1CC(C)C. The molecule has 4 heteroatoms. The van der Waals surface area contributed by atoms with Crippen LogP contribution in [-0.2, 0) is 13.0 Å². The van der Waals surface area contributed by atoms with E-state index in [1.54, 1.807) is 6.33 Å². The minimum Gasteiger partial charge on any atom is -0.317 e. The third-order valence-electron chi connectivity index (χ3n) is 3.01. The number of nitrogens with zero attached hydrogens (tertiary/aromatic N) is 3. The van der Waals surface area contributed by atoms with Crippen molar-refractivity contribution in [1.29, 1.82) is 0 Å². The van der Waals surface area contributed by atoms with Crippen LogP contribution in [-0.4, -0.2) is 27.9 Å². The van der Waals surface area contributed by atoms with Gasteiger partial charge in [-0.2, -0.15) is 5.10 Å². The monoisotopic (exact) mass is 252 g/mol. The van der Waals surface area contributed by atoms with Crippen molar-refractivity contribution in [3.05, 3.63) is 12.2 Å². The fourth-order valence-corrected chi connectivity index (χ4v) is 2.01. The molecule has 0 aromatic carbocycles. The van der Waals surface area contributed by atoms with Crippen molar-refractivity contribution >= 4 is 0 Å². The third-order valence-corrected chi connectivity index (χ3v) is 3.01. The van der Waals surface area contributed by atoms with E-state index in [1.165, 1.54) is 12.8 Å². The highest BCUT2D eigenvalue weighted by Gasteiger charge is 2.10. The molecule has 0 aliphatic heterocycles. The van der Waals surface area contributed by atoms with Gasteiger partial charge < -0.3 is 5.32 Å². The third kappa shape index (κ3) is 5.63. The van der Waals surface area contributed by atoms with Crippen LogP contribution in [0, 0.1) is 11.8 Å². The first-order chi connectivity index (χ1) is 8.63. The van der Waals surface area contributed by atoms with E-state index in [0.717, 1.165) is 31.9 Å². The first-order valence-corrected chi connectivity index (χ1v) is 7.20. The predicted molar refractivity (Wildman–Crippen MR) is 75.5 cm³/mol. The van der Waals surface area contributed by atoms with Crippen LogP contribution >= 0.6 is 0 Å². The molecule has 1 rings (SSSR count). The van der Waals surface area contributed by atoms with Crippen LogP contribution < -0.4 is 5.32 Å². The molecule has 0 aliphatic carbocycles. The second-order valence-corrected chi connectivity index (χ2v) is 5.60. The fourth-order valence-electron chi connectivity index (χ4n) is 2.01. The molecule has 0 saturated heterocycles. The van der Waals surface area contributed by atoms with Gasteiger partial charge in [0.1, 0.15) is 12.2 Å². The summed E-state index contributed by atoms with van der Waals surface area (Å²) in [6, 6.07) is 0. The molecule has 104 valence electrons. The van der Waals surface area contributed by atoms with E-state index in [1.807, 2.05) is 0 Å². The highest BCUT2D eigenvalue weighted by molar-refractivity contribution is 4.87. The summed E-state index contributed by atoms with van der Waals surface area (Å²) in [4.78, 5) is 4.39. The minimum absolute atomic E-state index is 0.618. The summed E-state index contributed by atoms with van der Waals surface area (Å²) in [5, 5.41) is 7.76. The Morgan fingerprint density at radius 2 is 2.06 bits per heavy atom. The normalized spacial score (nSPS) is 13.2. The molecule has 1 unspecified atom stereocenters. The smallest absolute Gasteiger partial charge is 0.138 e. The number of aromatic nitrogens is 3. The second-order valence-electron chi connectivity index (χ2n) is 5.60. The van der Waals surface area contributed by atoms with Crippen LogP contribution in [0.5, 0.6) is 0 Å². The fraction of sp³-hybridized carbons (Fsp3) is 0.857. The summed E-state index contributed by atoms with van der Waals surface area (Å²) in [5.74, 6) is 2.41. The zero-order chi connectivity index (χ0) is 13.4. The van der Waals surface area contributed by atoms with Crippen molar-refractivity contribution < 1.29 is 0 Å². The average molecular weight is 252 g/mol. The van der Waals surface area contributed by atoms with Crippen molar-refractivity contribution in [2.45, 2.75) is 53.5 Å². The molecule has 0 saturated carbocycles. The van der Waals surface area contributed by atoms with Crippen molar-refractivity contribution in [1.82, 2.24) is 20.1 Å². The lowest BCUT2D eigenvalue weighted by atomic mass is 10.0. The summed E-state index contributed by atoms with van der Waals surface area (Å²) in [5.41, 5.74) is 0. The van der Waals surface area contributed by atoms with Crippen molar-refractivity contribution in [3.63, 3.8) is 0 Å². The van der Waals surface area contributed by atoms with E-state index >= 15 is 0 Å². The highest BCUT2D eigenvalue weighted by Crippen LogP contribution is 2.10. The van der Waals surface area contributed by atoms with Crippen molar-refractivity contribution in [2.75, 3.05) is 13.1 Å². The maximum absolute atomic E-state index is 4.39. The Morgan fingerprint density at radius 1 is 1.28 bits per heavy atom. The molecule has 0 aliphatic rings. The Labute approximate surface area is 111 Å². The van der Waals surface area contributed by atoms with Crippen molar-refractivity contribution in [3.8, 4) is 0 Å². The minimum atomic E-state index is 0.618. The zero-order valence-electron chi connectivity index (χ0n) is 12.3. The molecule has 0 bridgehead atoms. The number of hydrogen-bond donors (Lipinski definition) is 1. The summed E-state index contributed by atoms with van der Waals surface area (Å²) >= 11 is 0. The number of rotatable bonds is 9. The van der Waals surface area contributed by atoms with E-state index in [9.17, 15) is 0 Å². The molecular weight excluding hydrogens is 224 g/mol. The van der Waals surface area contributed by atoms with Gasteiger partial charge in [-0.15, -0.1) is 0 Å². The van der Waals surface area contributed by atoms with Crippen molar-refractivity contribution in [2.24, 2.45) is 11.8 Å². The standard InChI is InChI=1S/C14H28N4/c1-5-7-15-8-6-13(4)9-14-16-11-17-18(14)10-12(2)3/h11-13,15H,5-10H2,1-4H3. The first kappa shape index (κ1) is 15.2. The van der Waals surface area contributed by atoms with E-state index in [0.29, 0.717) is 11.8 Å². The maximum atomic E-state index is 4.39. The molecule has 4 nitrogen and oxygen atoms in total. The Hall–Kier alpha value is -0.900. The van der Waals surface area contributed by atoms with Crippen LogP contribution in [0.4, 0.5) is 0 Å². The summed E-state index contributed by atoms with van der Waals surface area (Å²) in [7, 11) is 0. The van der Waals surface area contributed by atoms with E-state index < -0.39 is 0 Å². The first-order valence-electron chi connectivity index (χ1n) is 7.20. The lowest BCUT2D eigenvalue weighted by Gasteiger charge is -2.13. The van der Waals surface area contributed by atoms with Crippen LogP contribution in [0.3, 0.4) is 0 Å². The largest absolute Gasteiger partial charge is 0.317 e. The molecule has 1 atom stereocenters. The summed E-state index contributed by atoms with van der Waals surface area (Å²) < 4.78 is 2.06. The molecule has 0 spiro atoms. The molecule has 18 heavy (non-hydrogen) atoms. The maximum Gasteiger partial charge on any atom is 0.138 e. The Morgan fingerprint density at radius 3 is 2.72 bits per heavy atom. The zero-order valence-corrected chi connectivity index (χ0v) is 12.3. The van der Waals surface area contributed by atoms with Gasteiger partial charge in [-0.3, -0.25) is 0 Å². The molecule has 1 N–H and O–H groups in total. The topological polar surface area (TPSA) is 42.7 Å². The van der Waals surface area contributed by atoms with Gasteiger partial charge in [0.15, 0.2) is 0 Å². The van der Waals surface area contributed by atoms with Gasteiger partial charge in [-0.25, -0.2) is 9.67 Å². The Kier molecular flexibility index (Phi) is 6.94. The lowest BCUT2D eigenvalue weighted by molar-refractivity contribution is 0.433. The quantitative estimate of drug-likeness (QED) is 0.687. The molecular formula is C14H28N4. The predicted octanol–water partition coefficient (Wildman–Crippen LogP) is 2.50. The summed E-state index contributed by atoms with van der Waals surface area (Å²) in [6.45, 7) is 12.1. The van der Waals surface area contributed by atoms with Gasteiger partial charge in [-0.05, 0) is 37.8 Å². The van der Waals surface area contributed by atoms with Gasteiger partial charge >= 0.3 is 0 Å². The van der Waals surface area contributed by atoms with Gasteiger partial charge in [0.05, 0.1) is 0 Å². The van der Waals surface area contributed by atoms with Gasteiger partial charge in [-0.1, -0.05) is 27.7 Å². The van der Waals surface area contributed by atoms with E-state index in [2.05, 4.69) is 47.8 Å². The second kappa shape index (κ2) is 8.25. The lowest BCUT2D eigenvalue weighted by Crippen LogP contribution is -2.20. The van der Waals surface area contributed by atoms with Gasteiger partial charge in [0.25, 0.3) is 0 Å². The molecule has 0 fully saturated rings. The summed E-state index contributed by atoms with van der Waals surface area (Å²) in [6.07, 6.45) is 5.12. The average Bonchev–Trinajstić information content (AvgIpc) is 2.71. The Balaban J connectivity index is 2.34. The number of hydrogen-bond acceptors (Lipinski definition) is 3. The highest BCUT2D eigenvalue weighted by atomic mass is 15.3. The van der Waals surface area contributed by atoms with E-state index in [4.69, 9.17) is 0 Å². The van der Waals surface area contributed by atoms with Gasteiger partial charge in [0, 0.05) is 13.0 Å². The molecule has 0 amide bonds. The van der Waals surface area contributed by atoms with Crippen LogP contribution in [0.15, 0.2) is 6.33 Å². The van der Waals surface area contributed by atoms with Crippen LogP contribution in [0.25, 0.3) is 0 Å². The molecule has 1 aromatic heterocycles. The van der Waals surface area contributed by atoms with Gasteiger partial charge in [0.2, 0.25) is 0 Å².